The third-order valence-corrected chi connectivity index (χ3v) is 6.12. The van der Waals surface area contributed by atoms with Crippen LogP contribution in [0.4, 0.5) is 9.93 Å². The second-order valence-electron chi connectivity index (χ2n) is 7.52. The molecule has 0 spiro atoms. The SMILES string of the molecule is O=C(Nc1nc(-c2nc3ccccc3[nH]2)cs1)[C@H]1CCCN1C(=O)OCc1ccccc1. The lowest BCUT2D eigenvalue weighted by Crippen LogP contribution is -2.43. The molecule has 2 aromatic carbocycles. The Morgan fingerprint density at radius 3 is 2.78 bits per heavy atom. The van der Waals surface area contributed by atoms with Crippen molar-refractivity contribution in [2.75, 3.05) is 11.9 Å². The highest BCUT2D eigenvalue weighted by molar-refractivity contribution is 7.14. The zero-order chi connectivity index (χ0) is 21.9. The highest BCUT2D eigenvalue weighted by atomic mass is 32.1. The van der Waals surface area contributed by atoms with E-state index < -0.39 is 12.1 Å². The van der Waals surface area contributed by atoms with Gasteiger partial charge in [0.15, 0.2) is 11.0 Å². The highest BCUT2D eigenvalue weighted by Crippen LogP contribution is 2.26. The van der Waals surface area contributed by atoms with Gasteiger partial charge in [0.1, 0.15) is 18.3 Å². The van der Waals surface area contributed by atoms with Gasteiger partial charge in [-0.1, -0.05) is 42.5 Å². The maximum Gasteiger partial charge on any atom is 0.410 e. The van der Waals surface area contributed by atoms with E-state index >= 15 is 0 Å². The van der Waals surface area contributed by atoms with Gasteiger partial charge in [-0.3, -0.25) is 9.69 Å². The topological polar surface area (TPSA) is 100 Å². The predicted molar refractivity (Wildman–Crippen MR) is 122 cm³/mol. The quantitative estimate of drug-likeness (QED) is 0.472. The van der Waals surface area contributed by atoms with Gasteiger partial charge in [-0.05, 0) is 30.5 Å². The molecule has 32 heavy (non-hydrogen) atoms. The van der Waals surface area contributed by atoms with Gasteiger partial charge in [0.05, 0.1) is 11.0 Å². The van der Waals surface area contributed by atoms with Crippen molar-refractivity contribution in [1.82, 2.24) is 19.9 Å². The van der Waals surface area contributed by atoms with Crippen molar-refractivity contribution in [3.8, 4) is 11.5 Å². The normalized spacial score (nSPS) is 15.8. The monoisotopic (exact) mass is 447 g/mol. The summed E-state index contributed by atoms with van der Waals surface area (Å²) < 4.78 is 5.41. The van der Waals surface area contributed by atoms with E-state index in [2.05, 4.69) is 20.3 Å². The molecule has 1 aliphatic heterocycles. The molecule has 0 radical (unpaired) electrons. The molecule has 0 bridgehead atoms. The minimum absolute atomic E-state index is 0.178. The van der Waals surface area contributed by atoms with E-state index in [0.29, 0.717) is 29.6 Å². The lowest BCUT2D eigenvalue weighted by atomic mass is 10.2. The number of aromatic amines is 1. The first kappa shape index (κ1) is 20.2. The van der Waals surface area contributed by atoms with Crippen molar-refractivity contribution in [3.05, 3.63) is 65.5 Å². The summed E-state index contributed by atoms with van der Waals surface area (Å²) in [6.07, 6.45) is 0.864. The number of nitrogens with one attached hydrogen (secondary N) is 2. The molecule has 1 fully saturated rings. The fourth-order valence-electron chi connectivity index (χ4n) is 3.76. The molecular weight excluding hydrogens is 426 g/mol. The number of hydrogen-bond donors (Lipinski definition) is 2. The van der Waals surface area contributed by atoms with Gasteiger partial charge in [-0.25, -0.2) is 14.8 Å². The summed E-state index contributed by atoms with van der Waals surface area (Å²) in [6.45, 7) is 0.672. The van der Waals surface area contributed by atoms with Gasteiger partial charge >= 0.3 is 6.09 Å². The van der Waals surface area contributed by atoms with E-state index in [9.17, 15) is 9.59 Å². The van der Waals surface area contributed by atoms with Crippen LogP contribution in [0.1, 0.15) is 18.4 Å². The molecule has 2 aromatic heterocycles. The molecular formula is C23H21N5O3S. The van der Waals surface area contributed by atoms with E-state index in [0.717, 1.165) is 23.0 Å². The van der Waals surface area contributed by atoms with E-state index in [1.807, 2.05) is 60.0 Å². The number of anilines is 1. The number of ether oxygens (including phenoxy) is 1. The standard InChI is InChI=1S/C23H21N5O3S/c29-21(19-11-6-12-28(19)23(30)31-13-15-7-2-1-3-8-15)27-22-26-18(14-32-22)20-24-16-9-4-5-10-17(16)25-20/h1-5,7-10,14,19H,6,11-13H2,(H,24,25)(H,26,27,29)/t19-/m1/s1. The van der Waals surface area contributed by atoms with E-state index in [4.69, 9.17) is 4.74 Å². The van der Waals surface area contributed by atoms with Crippen molar-refractivity contribution < 1.29 is 14.3 Å². The van der Waals surface area contributed by atoms with Gasteiger partial charge in [-0.15, -0.1) is 11.3 Å². The maximum absolute atomic E-state index is 12.9. The van der Waals surface area contributed by atoms with Crippen LogP contribution >= 0.6 is 11.3 Å². The first-order chi connectivity index (χ1) is 15.7. The van der Waals surface area contributed by atoms with Crippen LogP contribution in [0.5, 0.6) is 0 Å². The Kier molecular flexibility index (Phi) is 5.55. The minimum atomic E-state index is -0.572. The molecule has 3 heterocycles. The molecule has 0 aliphatic carbocycles. The Balaban J connectivity index is 1.23. The zero-order valence-electron chi connectivity index (χ0n) is 17.2. The number of hydrogen-bond acceptors (Lipinski definition) is 6. The summed E-state index contributed by atoms with van der Waals surface area (Å²) in [4.78, 5) is 39.2. The third-order valence-electron chi connectivity index (χ3n) is 5.36. The fraction of sp³-hybridized carbons (Fsp3) is 0.217. The number of likely N-dealkylation sites (tertiary alicyclic amines) is 1. The van der Waals surface area contributed by atoms with Crippen LogP contribution in [0.2, 0.25) is 0 Å². The average molecular weight is 448 g/mol. The predicted octanol–water partition coefficient (Wildman–Crippen LogP) is 4.43. The zero-order valence-corrected chi connectivity index (χ0v) is 18.0. The van der Waals surface area contributed by atoms with Crippen molar-refractivity contribution in [2.24, 2.45) is 0 Å². The van der Waals surface area contributed by atoms with Crippen molar-refractivity contribution >= 4 is 39.5 Å². The molecule has 2 amide bonds. The third kappa shape index (κ3) is 4.19. The van der Waals surface area contributed by atoms with Crippen molar-refractivity contribution in [3.63, 3.8) is 0 Å². The summed E-state index contributed by atoms with van der Waals surface area (Å²) in [7, 11) is 0. The molecule has 1 atom stereocenters. The summed E-state index contributed by atoms with van der Waals surface area (Å²) in [5.41, 5.74) is 3.35. The number of para-hydroxylation sites is 2. The Hall–Kier alpha value is -3.72. The minimum Gasteiger partial charge on any atom is -0.445 e. The van der Waals surface area contributed by atoms with Crippen molar-refractivity contribution in [2.45, 2.75) is 25.5 Å². The number of carbonyl (C=O) groups excluding carboxylic acids is 2. The molecule has 1 aliphatic rings. The molecule has 0 saturated carbocycles. The van der Waals surface area contributed by atoms with E-state index in [1.54, 1.807) is 0 Å². The van der Waals surface area contributed by atoms with Crippen molar-refractivity contribution in [1.29, 1.82) is 0 Å². The lowest BCUT2D eigenvalue weighted by Gasteiger charge is -2.22. The highest BCUT2D eigenvalue weighted by Gasteiger charge is 2.35. The molecule has 162 valence electrons. The number of carbonyl (C=O) groups is 2. The molecule has 9 heteroatoms. The number of aromatic nitrogens is 3. The Morgan fingerprint density at radius 1 is 1.12 bits per heavy atom. The summed E-state index contributed by atoms with van der Waals surface area (Å²) in [5, 5.41) is 5.15. The van der Waals surface area contributed by atoms with Gasteiger partial charge < -0.3 is 15.0 Å². The van der Waals surface area contributed by atoms with Gasteiger partial charge in [-0.2, -0.15) is 0 Å². The fourth-order valence-corrected chi connectivity index (χ4v) is 4.46. The molecule has 5 rings (SSSR count). The second-order valence-corrected chi connectivity index (χ2v) is 8.38. The van der Waals surface area contributed by atoms with E-state index in [1.165, 1.54) is 16.2 Å². The van der Waals surface area contributed by atoms with Crippen LogP contribution < -0.4 is 5.32 Å². The van der Waals surface area contributed by atoms with E-state index in [-0.39, 0.29) is 12.5 Å². The van der Waals surface area contributed by atoms with Gasteiger partial charge in [0.2, 0.25) is 5.91 Å². The van der Waals surface area contributed by atoms with Crippen LogP contribution in [-0.2, 0) is 16.1 Å². The number of rotatable bonds is 5. The molecule has 2 N–H and O–H groups in total. The maximum atomic E-state index is 12.9. The summed E-state index contributed by atoms with van der Waals surface area (Å²) in [5.74, 6) is 0.389. The number of benzene rings is 2. The molecule has 1 saturated heterocycles. The smallest absolute Gasteiger partial charge is 0.410 e. The second kappa shape index (κ2) is 8.80. The summed E-state index contributed by atoms with van der Waals surface area (Å²) in [6, 6.07) is 16.6. The molecule has 0 unspecified atom stereocenters. The number of H-pyrrole nitrogens is 1. The van der Waals surface area contributed by atoms with Crippen LogP contribution in [0.3, 0.4) is 0 Å². The first-order valence-electron chi connectivity index (χ1n) is 10.4. The number of amides is 2. The average Bonchev–Trinajstić information content (AvgIpc) is 3.57. The summed E-state index contributed by atoms with van der Waals surface area (Å²) >= 11 is 1.32. The molecule has 4 aromatic rings. The number of imidazole rings is 1. The number of nitrogens with zero attached hydrogens (tertiary/aromatic N) is 3. The van der Waals surface area contributed by atoms with Crippen LogP contribution in [0.25, 0.3) is 22.6 Å². The van der Waals surface area contributed by atoms with Crippen LogP contribution in [-0.4, -0.2) is 44.4 Å². The van der Waals surface area contributed by atoms with Gasteiger partial charge in [0.25, 0.3) is 0 Å². The lowest BCUT2D eigenvalue weighted by molar-refractivity contribution is -0.120. The first-order valence-corrected chi connectivity index (χ1v) is 11.2. The Morgan fingerprint density at radius 2 is 1.94 bits per heavy atom. The van der Waals surface area contributed by atoms with Crippen LogP contribution in [0.15, 0.2) is 60.0 Å². The Labute approximate surface area is 188 Å². The largest absolute Gasteiger partial charge is 0.445 e. The number of fused-ring (bicyclic) bond motifs is 1. The Bertz CT molecular complexity index is 1220. The number of thiazole rings is 1. The molecule has 8 nitrogen and oxygen atoms in total. The van der Waals surface area contributed by atoms with Gasteiger partial charge in [0, 0.05) is 11.9 Å². The van der Waals surface area contributed by atoms with Crippen LogP contribution in [0, 0.1) is 0 Å².